The molecule has 0 fully saturated rings. The Balaban J connectivity index is 2.12. The molecule has 0 atom stereocenters. The lowest BCUT2D eigenvalue weighted by Gasteiger charge is -2.05. The van der Waals surface area contributed by atoms with Crippen LogP contribution in [0.5, 0.6) is 5.75 Å². The van der Waals surface area contributed by atoms with Crippen LogP contribution in [0.4, 0.5) is 0 Å². The van der Waals surface area contributed by atoms with Crippen molar-refractivity contribution in [3.05, 3.63) is 44.0 Å². The zero-order chi connectivity index (χ0) is 13.0. The van der Waals surface area contributed by atoms with E-state index in [1.54, 1.807) is 6.07 Å². The molecule has 2 heterocycles. The highest BCUT2D eigenvalue weighted by Crippen LogP contribution is 2.21. The third-order valence-electron chi connectivity index (χ3n) is 2.17. The van der Waals surface area contributed by atoms with Crippen LogP contribution in [-0.4, -0.2) is 22.9 Å². The number of nitrogens with zero attached hydrogens (tertiary/aromatic N) is 2. The third-order valence-corrected chi connectivity index (χ3v) is 3.38. The van der Waals surface area contributed by atoms with E-state index in [4.69, 9.17) is 22.1 Å². The van der Waals surface area contributed by atoms with Gasteiger partial charge in [-0.3, -0.25) is 4.79 Å². The number of hydrogen-bond donors (Lipinski definition) is 1. The van der Waals surface area contributed by atoms with E-state index in [0.29, 0.717) is 29.8 Å². The Morgan fingerprint density at radius 2 is 2.33 bits per heavy atom. The monoisotopic (exact) mass is 285 g/mol. The van der Waals surface area contributed by atoms with Crippen molar-refractivity contribution in [2.24, 2.45) is 5.73 Å². The van der Waals surface area contributed by atoms with E-state index in [1.807, 2.05) is 6.07 Å². The molecule has 0 radical (unpaired) electrons. The van der Waals surface area contributed by atoms with Gasteiger partial charge in [0.05, 0.1) is 17.1 Å². The van der Waals surface area contributed by atoms with Gasteiger partial charge in [0.15, 0.2) is 0 Å². The van der Waals surface area contributed by atoms with Gasteiger partial charge in [0.25, 0.3) is 5.56 Å². The summed E-state index contributed by atoms with van der Waals surface area (Å²) < 4.78 is 7.28. The molecular formula is C11H12ClN3O2S. The first-order valence-electron chi connectivity index (χ1n) is 5.33. The molecule has 0 saturated carbocycles. The molecule has 5 nitrogen and oxygen atoms in total. The largest absolute Gasteiger partial charge is 0.490 e. The molecule has 0 bridgehead atoms. The summed E-state index contributed by atoms with van der Waals surface area (Å²) in [4.78, 5) is 12.8. The second-order valence-electron chi connectivity index (χ2n) is 3.53. The Morgan fingerprint density at radius 1 is 1.50 bits per heavy atom. The van der Waals surface area contributed by atoms with E-state index in [-0.39, 0.29) is 5.56 Å². The van der Waals surface area contributed by atoms with Crippen molar-refractivity contribution >= 4 is 22.9 Å². The standard InChI is InChI=1S/C11H12ClN3O2S/c12-10-2-1-9(18-10)7-15-11(16)5-8(6-14-15)17-4-3-13/h1-2,5-6H,3-4,7,13H2. The van der Waals surface area contributed by atoms with Gasteiger partial charge in [-0.2, -0.15) is 5.10 Å². The molecule has 0 spiro atoms. The van der Waals surface area contributed by atoms with Gasteiger partial charge < -0.3 is 10.5 Å². The quantitative estimate of drug-likeness (QED) is 0.900. The third kappa shape index (κ3) is 3.32. The van der Waals surface area contributed by atoms with Gasteiger partial charge in [0.1, 0.15) is 12.4 Å². The summed E-state index contributed by atoms with van der Waals surface area (Å²) >= 11 is 7.26. The molecule has 2 aromatic rings. The SMILES string of the molecule is NCCOc1cnn(Cc2ccc(Cl)s2)c(=O)c1. The Morgan fingerprint density at radius 3 is 2.94 bits per heavy atom. The van der Waals surface area contributed by atoms with Crippen molar-refractivity contribution in [3.63, 3.8) is 0 Å². The fourth-order valence-corrected chi connectivity index (χ4v) is 2.45. The van der Waals surface area contributed by atoms with Crippen molar-refractivity contribution in [2.45, 2.75) is 6.54 Å². The maximum atomic E-state index is 11.8. The number of ether oxygens (including phenoxy) is 1. The molecule has 2 rings (SSSR count). The van der Waals surface area contributed by atoms with E-state index >= 15 is 0 Å². The average Bonchev–Trinajstić information content (AvgIpc) is 2.75. The van der Waals surface area contributed by atoms with E-state index in [9.17, 15) is 4.79 Å². The average molecular weight is 286 g/mol. The number of hydrogen-bond acceptors (Lipinski definition) is 5. The summed E-state index contributed by atoms with van der Waals surface area (Å²) in [6.07, 6.45) is 1.51. The summed E-state index contributed by atoms with van der Waals surface area (Å²) in [5, 5.41) is 4.04. The molecule has 0 aliphatic carbocycles. The molecule has 0 saturated heterocycles. The van der Waals surface area contributed by atoms with Gasteiger partial charge in [-0.05, 0) is 12.1 Å². The van der Waals surface area contributed by atoms with E-state index < -0.39 is 0 Å². The summed E-state index contributed by atoms with van der Waals surface area (Å²) in [6.45, 7) is 1.18. The van der Waals surface area contributed by atoms with Crippen LogP contribution in [0.2, 0.25) is 4.34 Å². The first-order valence-corrected chi connectivity index (χ1v) is 6.53. The van der Waals surface area contributed by atoms with Crippen molar-refractivity contribution in [1.82, 2.24) is 9.78 Å². The zero-order valence-electron chi connectivity index (χ0n) is 9.51. The van der Waals surface area contributed by atoms with Crippen LogP contribution < -0.4 is 16.0 Å². The van der Waals surface area contributed by atoms with Crippen LogP contribution >= 0.6 is 22.9 Å². The Kier molecular flexibility index (Phi) is 4.35. The van der Waals surface area contributed by atoms with Crippen LogP contribution in [0.15, 0.2) is 29.2 Å². The van der Waals surface area contributed by atoms with Crippen molar-refractivity contribution < 1.29 is 4.74 Å². The Labute approximate surface area is 113 Å². The molecule has 18 heavy (non-hydrogen) atoms. The smallest absolute Gasteiger partial charge is 0.270 e. The van der Waals surface area contributed by atoms with Gasteiger partial charge >= 0.3 is 0 Å². The second kappa shape index (κ2) is 5.99. The fourth-order valence-electron chi connectivity index (χ4n) is 1.38. The van der Waals surface area contributed by atoms with Crippen LogP contribution in [0.1, 0.15) is 4.88 Å². The maximum absolute atomic E-state index is 11.8. The van der Waals surface area contributed by atoms with E-state index in [0.717, 1.165) is 4.88 Å². The molecule has 96 valence electrons. The van der Waals surface area contributed by atoms with Gasteiger partial charge in [-0.15, -0.1) is 11.3 Å². The molecule has 0 amide bonds. The van der Waals surface area contributed by atoms with Crippen molar-refractivity contribution in [2.75, 3.05) is 13.2 Å². The number of thiophene rings is 1. The minimum atomic E-state index is -0.214. The first-order chi connectivity index (χ1) is 8.69. The highest BCUT2D eigenvalue weighted by Gasteiger charge is 2.04. The molecule has 0 aliphatic rings. The summed E-state index contributed by atoms with van der Waals surface area (Å²) in [5.41, 5.74) is 5.10. The predicted octanol–water partition coefficient (Wildman–Crippen LogP) is 1.34. The molecule has 7 heteroatoms. The molecule has 2 N–H and O–H groups in total. The van der Waals surface area contributed by atoms with E-state index in [2.05, 4.69) is 5.10 Å². The normalized spacial score (nSPS) is 10.6. The molecule has 0 aliphatic heterocycles. The van der Waals surface area contributed by atoms with Gasteiger partial charge in [0, 0.05) is 17.5 Å². The minimum absolute atomic E-state index is 0.214. The summed E-state index contributed by atoms with van der Waals surface area (Å²) in [7, 11) is 0. The van der Waals surface area contributed by atoms with Crippen LogP contribution in [0, 0.1) is 0 Å². The zero-order valence-corrected chi connectivity index (χ0v) is 11.1. The van der Waals surface area contributed by atoms with Gasteiger partial charge in [0.2, 0.25) is 0 Å². The number of rotatable bonds is 5. The minimum Gasteiger partial charge on any atom is -0.490 e. The first kappa shape index (κ1) is 13.1. The number of nitrogens with two attached hydrogens (primary N) is 1. The molecule has 0 unspecified atom stereocenters. The lowest BCUT2D eigenvalue weighted by Crippen LogP contribution is -2.22. The van der Waals surface area contributed by atoms with Crippen molar-refractivity contribution in [3.8, 4) is 5.75 Å². The summed E-state index contributed by atoms with van der Waals surface area (Å²) in [6, 6.07) is 5.07. The number of aromatic nitrogens is 2. The van der Waals surface area contributed by atoms with Crippen LogP contribution in [0.3, 0.4) is 0 Å². The highest BCUT2D eigenvalue weighted by atomic mass is 35.5. The van der Waals surface area contributed by atoms with Crippen LogP contribution in [0.25, 0.3) is 0 Å². The van der Waals surface area contributed by atoms with Gasteiger partial charge in [-0.1, -0.05) is 11.6 Å². The Bertz CT molecular complexity index is 582. The van der Waals surface area contributed by atoms with Crippen LogP contribution in [-0.2, 0) is 6.54 Å². The highest BCUT2D eigenvalue weighted by molar-refractivity contribution is 7.16. The molecule has 0 aromatic carbocycles. The maximum Gasteiger partial charge on any atom is 0.270 e. The predicted molar refractivity (Wildman–Crippen MR) is 71.5 cm³/mol. The lowest BCUT2D eigenvalue weighted by atomic mass is 10.4. The fraction of sp³-hybridized carbons (Fsp3) is 0.273. The van der Waals surface area contributed by atoms with Crippen molar-refractivity contribution in [1.29, 1.82) is 0 Å². The number of halogens is 1. The second-order valence-corrected chi connectivity index (χ2v) is 5.33. The van der Waals surface area contributed by atoms with Gasteiger partial charge in [-0.25, -0.2) is 4.68 Å². The molecular weight excluding hydrogens is 274 g/mol. The van der Waals surface area contributed by atoms with E-state index in [1.165, 1.54) is 28.3 Å². The molecule has 2 aromatic heterocycles. The lowest BCUT2D eigenvalue weighted by molar-refractivity contribution is 0.324. The summed E-state index contributed by atoms with van der Waals surface area (Å²) in [5.74, 6) is 0.436. The Hall–Kier alpha value is -1.37. The topological polar surface area (TPSA) is 70.1 Å².